The summed E-state index contributed by atoms with van der Waals surface area (Å²) in [6.45, 7) is 6.65. The Labute approximate surface area is 166 Å². The van der Waals surface area contributed by atoms with Gasteiger partial charge in [0.05, 0.1) is 44.1 Å². The summed E-state index contributed by atoms with van der Waals surface area (Å²) in [6, 6.07) is 7.87. The Morgan fingerprint density at radius 2 is 1.40 bits per heavy atom. The Bertz CT molecular complexity index is 654. The minimum absolute atomic E-state index is 0. The van der Waals surface area contributed by atoms with E-state index in [0.29, 0.717) is 26.3 Å². The average molecular weight is 357 g/mol. The molecular formula is C18H22ClLiN2O3. The van der Waals surface area contributed by atoms with E-state index in [9.17, 15) is 0 Å². The van der Waals surface area contributed by atoms with Gasteiger partial charge >= 0.3 is 18.9 Å². The van der Waals surface area contributed by atoms with Gasteiger partial charge in [-0.25, -0.2) is 0 Å². The van der Waals surface area contributed by atoms with Crippen molar-refractivity contribution in [2.75, 3.05) is 26.3 Å². The van der Waals surface area contributed by atoms with Gasteiger partial charge in [0.1, 0.15) is 23.0 Å². The van der Waals surface area contributed by atoms with E-state index >= 15 is 0 Å². The van der Waals surface area contributed by atoms with Crippen molar-refractivity contribution in [3.63, 3.8) is 0 Å². The van der Waals surface area contributed by atoms with Crippen LogP contribution in [0.5, 0.6) is 0 Å². The maximum absolute atomic E-state index is 5.97. The van der Waals surface area contributed by atoms with Gasteiger partial charge in [-0.1, -0.05) is 6.92 Å². The Kier molecular flexibility index (Phi) is 8.74. The quantitative estimate of drug-likeness (QED) is 0.529. The Morgan fingerprint density at radius 3 is 1.84 bits per heavy atom. The van der Waals surface area contributed by atoms with Crippen LogP contribution in [0, 0.1) is 0 Å². The van der Waals surface area contributed by atoms with Crippen molar-refractivity contribution in [1.29, 1.82) is 0 Å². The first-order valence-corrected chi connectivity index (χ1v) is 8.00. The number of fused-ring (bicyclic) bond motifs is 4. The monoisotopic (exact) mass is 356 g/mol. The van der Waals surface area contributed by atoms with E-state index in [1.165, 1.54) is 0 Å². The Hall–Kier alpha value is -1.25. The summed E-state index contributed by atoms with van der Waals surface area (Å²) in [7, 11) is 0. The maximum Gasteiger partial charge on any atom is 1.00 e. The van der Waals surface area contributed by atoms with Gasteiger partial charge in [0, 0.05) is 0 Å². The second kappa shape index (κ2) is 10.0. The number of ether oxygens (including phenoxy) is 1. The zero-order chi connectivity index (χ0) is 16.1. The molecule has 3 rings (SSSR count). The summed E-state index contributed by atoms with van der Waals surface area (Å²) in [5.74, 6) is 3.26. The molecule has 0 saturated heterocycles. The molecule has 1 aliphatic heterocycles. The number of nitrogens with zero attached hydrogens (tertiary/aromatic N) is 2. The molecule has 0 amide bonds. The predicted molar refractivity (Wildman–Crippen MR) is 89.9 cm³/mol. The van der Waals surface area contributed by atoms with Crippen molar-refractivity contribution >= 4 is 12.4 Å². The molecule has 0 spiro atoms. The summed E-state index contributed by atoms with van der Waals surface area (Å²) in [5, 5.41) is 0. The molecule has 0 saturated carbocycles. The molecule has 5 nitrogen and oxygen atoms in total. The van der Waals surface area contributed by atoms with Crippen LogP contribution in [0.1, 0.15) is 43.3 Å². The molecule has 130 valence electrons. The second-order valence-electron chi connectivity index (χ2n) is 5.77. The molecule has 2 aromatic rings. The smallest absolute Gasteiger partial charge is 1.00 e. The van der Waals surface area contributed by atoms with Crippen LogP contribution in [0.25, 0.3) is 0 Å². The molecule has 7 heteroatoms. The van der Waals surface area contributed by atoms with Crippen molar-refractivity contribution < 1.29 is 44.8 Å². The van der Waals surface area contributed by atoms with Crippen LogP contribution in [-0.2, 0) is 10.2 Å². The fraction of sp³-hybridized carbons (Fsp3) is 0.444. The average Bonchev–Trinajstić information content (AvgIpc) is 3.22. The zero-order valence-corrected chi connectivity index (χ0v) is 15.8. The first kappa shape index (κ1) is 21.8. The molecule has 3 heterocycles. The fourth-order valence-corrected chi connectivity index (χ4v) is 2.55. The van der Waals surface area contributed by atoms with Gasteiger partial charge in [0.25, 0.3) is 0 Å². The van der Waals surface area contributed by atoms with Gasteiger partial charge in [0.15, 0.2) is 0 Å². The summed E-state index contributed by atoms with van der Waals surface area (Å²) in [6.07, 6.45) is 4.37. The third-order valence-corrected chi connectivity index (χ3v) is 4.21. The molecule has 0 aromatic carbocycles. The van der Waals surface area contributed by atoms with E-state index in [0.717, 1.165) is 29.5 Å². The largest absolute Gasteiger partial charge is 1.00 e. The van der Waals surface area contributed by atoms with Crippen LogP contribution in [-0.4, -0.2) is 38.7 Å². The maximum atomic E-state index is 5.97. The zero-order valence-electron chi connectivity index (χ0n) is 15.0. The van der Waals surface area contributed by atoms with Gasteiger partial charge < -0.3 is 26.0 Å². The summed E-state index contributed by atoms with van der Waals surface area (Å²) in [5.41, 5.74) is -0.307. The molecule has 2 aromatic heterocycles. The third kappa shape index (κ3) is 5.12. The Morgan fingerprint density at radius 1 is 0.920 bits per heavy atom. The summed E-state index contributed by atoms with van der Waals surface area (Å²) >= 11 is 0. The van der Waals surface area contributed by atoms with E-state index < -0.39 is 0 Å². The van der Waals surface area contributed by atoms with Crippen LogP contribution in [0.3, 0.4) is 0 Å². The van der Waals surface area contributed by atoms with Gasteiger partial charge in [0.2, 0.25) is 0 Å². The molecule has 0 radical (unpaired) electrons. The standard InChI is InChI=1S/C18H22N2O3.ClH.Li/c1-3-18(2)16-6-4-14(22-16)12-19-8-10-21-11-9-20-13-15-5-7-17(18)23-15;;/h4-7,12-13H,3,8-11H2,1-2H3;1H;/q;;+1/p-1. The summed E-state index contributed by atoms with van der Waals surface area (Å²) in [4.78, 5) is 8.66. The number of halogens is 1. The van der Waals surface area contributed by atoms with E-state index in [4.69, 9.17) is 13.6 Å². The van der Waals surface area contributed by atoms with E-state index in [-0.39, 0.29) is 36.7 Å². The molecule has 0 unspecified atom stereocenters. The molecule has 1 aliphatic rings. The van der Waals surface area contributed by atoms with E-state index in [2.05, 4.69) is 23.8 Å². The van der Waals surface area contributed by atoms with Crippen LogP contribution >= 0.6 is 0 Å². The number of hydrogen-bond acceptors (Lipinski definition) is 5. The number of furan rings is 2. The third-order valence-electron chi connectivity index (χ3n) is 4.21. The van der Waals surface area contributed by atoms with E-state index in [1.807, 2.05) is 24.3 Å². The number of rotatable bonds is 1. The molecule has 0 aliphatic carbocycles. The number of aliphatic imine (C=N–C) groups is 2. The molecule has 25 heavy (non-hydrogen) atoms. The van der Waals surface area contributed by atoms with Gasteiger partial charge in [-0.3, -0.25) is 9.98 Å². The van der Waals surface area contributed by atoms with Crippen molar-refractivity contribution in [2.24, 2.45) is 9.98 Å². The van der Waals surface area contributed by atoms with Crippen molar-refractivity contribution in [2.45, 2.75) is 25.7 Å². The van der Waals surface area contributed by atoms with Gasteiger partial charge in [-0.15, -0.1) is 0 Å². The normalized spacial score (nSPS) is 20.6. The summed E-state index contributed by atoms with van der Waals surface area (Å²) < 4.78 is 17.4. The fourth-order valence-electron chi connectivity index (χ4n) is 2.55. The van der Waals surface area contributed by atoms with Crippen LogP contribution in [0.15, 0.2) is 43.1 Å². The Balaban J connectivity index is 0.00000156. The first-order valence-electron chi connectivity index (χ1n) is 8.00. The first-order chi connectivity index (χ1) is 11.2. The molecule has 0 atom stereocenters. The predicted octanol–water partition coefficient (Wildman–Crippen LogP) is -2.54. The van der Waals surface area contributed by atoms with Crippen LogP contribution in [0.2, 0.25) is 0 Å². The molecule has 0 fully saturated rings. The van der Waals surface area contributed by atoms with Crippen molar-refractivity contribution in [1.82, 2.24) is 0 Å². The minimum Gasteiger partial charge on any atom is -1.00 e. The van der Waals surface area contributed by atoms with Crippen molar-refractivity contribution in [3.05, 3.63) is 47.3 Å². The molecule has 4 bridgehead atoms. The van der Waals surface area contributed by atoms with Crippen LogP contribution in [0.4, 0.5) is 0 Å². The molecular weight excluding hydrogens is 335 g/mol. The van der Waals surface area contributed by atoms with Crippen molar-refractivity contribution in [3.8, 4) is 0 Å². The SMILES string of the molecule is CCC1(C)c2ccc(o2)C=NCCOCCN=Cc2ccc1o2.[Cl-].[Li+]. The second-order valence-corrected chi connectivity index (χ2v) is 5.77. The van der Waals surface area contributed by atoms with Gasteiger partial charge in [-0.2, -0.15) is 0 Å². The van der Waals surface area contributed by atoms with Crippen LogP contribution < -0.4 is 31.3 Å². The van der Waals surface area contributed by atoms with Gasteiger partial charge in [-0.05, 0) is 37.6 Å². The molecule has 0 N–H and O–H groups in total. The van der Waals surface area contributed by atoms with E-state index in [1.54, 1.807) is 12.4 Å². The number of hydrogen-bond donors (Lipinski definition) is 0. The topological polar surface area (TPSA) is 60.2 Å². The minimum atomic E-state index is -0.307.